The number of benzene rings is 2. The molecule has 1 N–H and O–H groups in total. The van der Waals surface area contributed by atoms with Gasteiger partial charge in [0.1, 0.15) is 0 Å². The Morgan fingerprint density at radius 3 is 2.45 bits per heavy atom. The zero-order chi connectivity index (χ0) is 13.9. The quantitative estimate of drug-likeness (QED) is 0.901. The molecule has 1 aliphatic rings. The maximum Gasteiger partial charge on any atom is 0.0499 e. The van der Waals surface area contributed by atoms with Gasteiger partial charge in [-0.2, -0.15) is 0 Å². The highest BCUT2D eigenvalue weighted by Crippen LogP contribution is 2.26. The van der Waals surface area contributed by atoms with Crippen molar-refractivity contribution >= 4 is 17.3 Å². The summed E-state index contributed by atoms with van der Waals surface area (Å²) in [7, 11) is 0. The first-order chi connectivity index (χ1) is 9.74. The van der Waals surface area contributed by atoms with E-state index in [4.69, 9.17) is 11.6 Å². The highest BCUT2D eigenvalue weighted by atomic mass is 35.5. The van der Waals surface area contributed by atoms with Crippen LogP contribution in [0.5, 0.6) is 0 Å². The lowest BCUT2D eigenvalue weighted by atomic mass is 10.0. The van der Waals surface area contributed by atoms with E-state index in [0.29, 0.717) is 12.1 Å². The number of piperazine rings is 1. The highest BCUT2D eigenvalue weighted by Gasteiger charge is 2.25. The Kier molecular flexibility index (Phi) is 3.95. The largest absolute Gasteiger partial charge is 0.366 e. The van der Waals surface area contributed by atoms with Crippen molar-refractivity contribution in [3.63, 3.8) is 0 Å². The minimum absolute atomic E-state index is 0.378. The molecule has 2 atom stereocenters. The van der Waals surface area contributed by atoms with Gasteiger partial charge in [-0.25, -0.2) is 0 Å². The fraction of sp³-hybridized carbons (Fsp3) is 0.294. The summed E-state index contributed by atoms with van der Waals surface area (Å²) in [5.41, 5.74) is 2.59. The molecule has 2 nitrogen and oxygen atoms in total. The van der Waals surface area contributed by atoms with Crippen molar-refractivity contribution in [2.45, 2.75) is 19.0 Å². The first kappa shape index (κ1) is 13.5. The van der Waals surface area contributed by atoms with Crippen LogP contribution in [0.25, 0.3) is 0 Å². The third-order valence-electron chi connectivity index (χ3n) is 3.93. The van der Waals surface area contributed by atoms with Gasteiger partial charge < -0.3 is 10.2 Å². The topological polar surface area (TPSA) is 15.3 Å². The highest BCUT2D eigenvalue weighted by molar-refractivity contribution is 6.30. The third kappa shape index (κ3) is 2.82. The fourth-order valence-corrected chi connectivity index (χ4v) is 2.89. The minimum atomic E-state index is 0.378. The zero-order valence-corrected chi connectivity index (χ0v) is 12.3. The minimum Gasteiger partial charge on any atom is -0.366 e. The number of nitrogens with zero attached hydrogens (tertiary/aromatic N) is 1. The number of anilines is 1. The molecule has 20 heavy (non-hydrogen) atoms. The van der Waals surface area contributed by atoms with Crippen molar-refractivity contribution in [3.05, 3.63) is 65.2 Å². The fourth-order valence-electron chi connectivity index (χ4n) is 2.77. The number of hydrogen-bond donors (Lipinski definition) is 1. The van der Waals surface area contributed by atoms with Gasteiger partial charge in [-0.3, -0.25) is 0 Å². The average molecular weight is 287 g/mol. The molecule has 0 amide bonds. The summed E-state index contributed by atoms with van der Waals surface area (Å²) in [6, 6.07) is 19.6. The van der Waals surface area contributed by atoms with Crippen LogP contribution in [-0.4, -0.2) is 19.1 Å². The lowest BCUT2D eigenvalue weighted by Gasteiger charge is -2.40. The van der Waals surface area contributed by atoms with Crippen LogP contribution < -0.4 is 10.2 Å². The Bertz CT molecular complexity index is 553. The molecule has 1 aliphatic heterocycles. The number of nitrogens with one attached hydrogen (secondary N) is 1. The smallest absolute Gasteiger partial charge is 0.0499 e. The van der Waals surface area contributed by atoms with E-state index >= 15 is 0 Å². The summed E-state index contributed by atoms with van der Waals surface area (Å²) in [4.78, 5) is 2.45. The van der Waals surface area contributed by atoms with Crippen molar-refractivity contribution in [2.24, 2.45) is 0 Å². The molecule has 1 heterocycles. The molecule has 0 radical (unpaired) electrons. The number of rotatable bonds is 2. The molecule has 0 aromatic heterocycles. The summed E-state index contributed by atoms with van der Waals surface area (Å²) in [6.45, 7) is 4.22. The molecule has 3 heteroatoms. The second kappa shape index (κ2) is 5.86. The molecule has 2 aromatic carbocycles. The van der Waals surface area contributed by atoms with E-state index in [2.05, 4.69) is 59.6 Å². The Morgan fingerprint density at radius 2 is 1.75 bits per heavy atom. The summed E-state index contributed by atoms with van der Waals surface area (Å²) < 4.78 is 0. The monoisotopic (exact) mass is 286 g/mol. The van der Waals surface area contributed by atoms with Gasteiger partial charge in [-0.15, -0.1) is 0 Å². The van der Waals surface area contributed by atoms with Gasteiger partial charge in [0.2, 0.25) is 0 Å². The average Bonchev–Trinajstić information content (AvgIpc) is 2.50. The van der Waals surface area contributed by atoms with Gasteiger partial charge in [0.25, 0.3) is 0 Å². The lowest BCUT2D eigenvalue weighted by molar-refractivity contribution is 0.414. The Balaban J connectivity index is 1.82. The van der Waals surface area contributed by atoms with Crippen LogP contribution in [0.15, 0.2) is 54.6 Å². The molecule has 0 spiro atoms. The molecule has 104 valence electrons. The van der Waals surface area contributed by atoms with Crippen molar-refractivity contribution in [3.8, 4) is 0 Å². The summed E-state index contributed by atoms with van der Waals surface area (Å²) in [5.74, 6) is 0. The zero-order valence-electron chi connectivity index (χ0n) is 11.6. The van der Waals surface area contributed by atoms with Crippen molar-refractivity contribution in [1.29, 1.82) is 0 Å². The van der Waals surface area contributed by atoms with Gasteiger partial charge in [0.15, 0.2) is 0 Å². The molecule has 2 aromatic rings. The van der Waals surface area contributed by atoms with E-state index in [-0.39, 0.29) is 0 Å². The first-order valence-corrected chi connectivity index (χ1v) is 7.42. The van der Waals surface area contributed by atoms with Crippen LogP contribution in [0.2, 0.25) is 5.02 Å². The van der Waals surface area contributed by atoms with Crippen LogP contribution in [0.3, 0.4) is 0 Å². The van der Waals surface area contributed by atoms with E-state index < -0.39 is 0 Å². The number of halogens is 1. The van der Waals surface area contributed by atoms with Crippen LogP contribution in [-0.2, 0) is 0 Å². The predicted molar refractivity (Wildman–Crippen MR) is 85.4 cm³/mol. The van der Waals surface area contributed by atoms with Gasteiger partial charge in [0, 0.05) is 35.9 Å². The molecule has 0 saturated carbocycles. The van der Waals surface area contributed by atoms with Crippen LogP contribution in [0.1, 0.15) is 18.5 Å². The van der Waals surface area contributed by atoms with Crippen LogP contribution in [0.4, 0.5) is 5.69 Å². The lowest BCUT2D eigenvalue weighted by Crippen LogP contribution is -2.51. The standard InChI is InChI=1S/C17H19ClN2/c1-13-11-19-17(14-5-3-2-4-6-14)12-20(13)16-9-7-15(18)8-10-16/h2-10,13,17,19H,11-12H2,1H3. The Hall–Kier alpha value is -1.51. The molecule has 2 unspecified atom stereocenters. The molecule has 1 fully saturated rings. The molecular formula is C17H19ClN2. The third-order valence-corrected chi connectivity index (χ3v) is 4.18. The van der Waals surface area contributed by atoms with Gasteiger partial charge in [-0.05, 0) is 36.8 Å². The normalized spacial score (nSPS) is 22.8. The SMILES string of the molecule is CC1CNC(c2ccccc2)CN1c1ccc(Cl)cc1. The second-order valence-corrected chi connectivity index (χ2v) is 5.79. The summed E-state index contributed by atoms with van der Waals surface area (Å²) in [6.07, 6.45) is 0. The Labute approximate surface area is 125 Å². The number of hydrogen-bond acceptors (Lipinski definition) is 2. The van der Waals surface area contributed by atoms with Crippen LogP contribution in [0, 0.1) is 0 Å². The Morgan fingerprint density at radius 1 is 1.05 bits per heavy atom. The first-order valence-electron chi connectivity index (χ1n) is 7.04. The molecular weight excluding hydrogens is 268 g/mol. The van der Waals surface area contributed by atoms with Gasteiger partial charge >= 0.3 is 0 Å². The summed E-state index contributed by atoms with van der Waals surface area (Å²) >= 11 is 5.98. The molecule has 3 rings (SSSR count). The molecule has 0 aliphatic carbocycles. The van der Waals surface area contributed by atoms with Crippen molar-refractivity contribution in [1.82, 2.24) is 5.32 Å². The van der Waals surface area contributed by atoms with E-state index in [1.807, 2.05) is 12.1 Å². The van der Waals surface area contributed by atoms with E-state index in [9.17, 15) is 0 Å². The summed E-state index contributed by atoms with van der Waals surface area (Å²) in [5, 5.41) is 4.42. The van der Waals surface area contributed by atoms with Gasteiger partial charge in [-0.1, -0.05) is 41.9 Å². The van der Waals surface area contributed by atoms with E-state index in [0.717, 1.165) is 18.1 Å². The van der Waals surface area contributed by atoms with Gasteiger partial charge in [0.05, 0.1) is 0 Å². The van der Waals surface area contributed by atoms with E-state index in [1.165, 1.54) is 11.3 Å². The van der Waals surface area contributed by atoms with E-state index in [1.54, 1.807) is 0 Å². The van der Waals surface area contributed by atoms with Crippen LogP contribution >= 0.6 is 11.6 Å². The molecule has 1 saturated heterocycles. The predicted octanol–water partition coefficient (Wildman–Crippen LogP) is 3.88. The maximum absolute atomic E-state index is 5.98. The van der Waals surface area contributed by atoms with Crippen molar-refractivity contribution in [2.75, 3.05) is 18.0 Å². The molecule has 0 bridgehead atoms. The maximum atomic E-state index is 5.98. The second-order valence-electron chi connectivity index (χ2n) is 5.35. The van der Waals surface area contributed by atoms with Crippen molar-refractivity contribution < 1.29 is 0 Å².